The fourth-order valence-electron chi connectivity index (χ4n) is 2.05. The Balaban J connectivity index is 2.11. The summed E-state index contributed by atoms with van der Waals surface area (Å²) >= 11 is 18.1. The first-order chi connectivity index (χ1) is 10.1. The van der Waals surface area contributed by atoms with Crippen molar-refractivity contribution in [2.75, 3.05) is 11.1 Å². The van der Waals surface area contributed by atoms with Gasteiger partial charge < -0.3 is 11.1 Å². The van der Waals surface area contributed by atoms with Gasteiger partial charge >= 0.3 is 0 Å². The summed E-state index contributed by atoms with van der Waals surface area (Å²) in [5.74, 6) is 0. The van der Waals surface area contributed by atoms with Crippen LogP contribution < -0.4 is 11.1 Å². The number of hydrogen-bond donors (Lipinski definition) is 2. The number of halogens is 3. The smallest absolute Gasteiger partial charge is 0.0951 e. The Labute approximate surface area is 136 Å². The topological polar surface area (TPSA) is 50.9 Å². The molecule has 6 heteroatoms. The average Bonchev–Trinajstić information content (AvgIpc) is 2.48. The molecule has 21 heavy (non-hydrogen) atoms. The number of aromatic nitrogens is 1. The molecule has 1 aromatic heterocycles. The molecule has 0 aliphatic heterocycles. The third kappa shape index (κ3) is 2.72. The average molecular weight is 339 g/mol. The maximum Gasteiger partial charge on any atom is 0.0951 e. The number of fused-ring (bicyclic) bond motifs is 1. The molecule has 0 unspecified atom stereocenters. The normalized spacial score (nSPS) is 10.8. The Bertz CT molecular complexity index is 834. The quantitative estimate of drug-likeness (QED) is 0.605. The molecule has 0 radical (unpaired) electrons. The molecule has 2 aromatic carbocycles. The van der Waals surface area contributed by atoms with E-state index in [2.05, 4.69) is 10.3 Å². The number of nitrogen functional groups attached to an aromatic ring is 1. The highest BCUT2D eigenvalue weighted by Crippen LogP contribution is 2.35. The van der Waals surface area contributed by atoms with Gasteiger partial charge in [-0.15, -0.1) is 0 Å². The lowest BCUT2D eigenvalue weighted by atomic mass is 10.1. The first kappa shape index (κ1) is 14.3. The summed E-state index contributed by atoms with van der Waals surface area (Å²) in [5.41, 5.74) is 8.68. The molecule has 0 bridgehead atoms. The molecule has 0 saturated heterocycles. The SMILES string of the molecule is Nc1cc(Cl)c(Cl)cc1Nc1ccc(Cl)c2cccnc12. The summed E-state index contributed by atoms with van der Waals surface area (Å²) in [6.45, 7) is 0. The second-order valence-electron chi connectivity index (χ2n) is 4.47. The fourth-order valence-corrected chi connectivity index (χ4v) is 2.61. The van der Waals surface area contributed by atoms with Gasteiger partial charge in [-0.2, -0.15) is 0 Å². The standard InChI is InChI=1S/C15H10Cl3N3/c16-9-3-4-13(15-8(9)2-1-5-20-15)21-14-7-11(18)10(17)6-12(14)19/h1-7,21H,19H2. The summed E-state index contributed by atoms with van der Waals surface area (Å²) < 4.78 is 0. The molecule has 0 amide bonds. The van der Waals surface area contributed by atoms with Gasteiger partial charge in [0, 0.05) is 11.6 Å². The minimum absolute atomic E-state index is 0.416. The number of nitrogens with two attached hydrogens (primary N) is 1. The molecule has 106 valence electrons. The number of pyridine rings is 1. The van der Waals surface area contributed by atoms with Crippen molar-refractivity contribution >= 4 is 62.8 Å². The van der Waals surface area contributed by atoms with E-state index in [0.717, 1.165) is 16.6 Å². The third-order valence-electron chi connectivity index (χ3n) is 3.08. The molecule has 0 aliphatic carbocycles. The zero-order valence-corrected chi connectivity index (χ0v) is 13.0. The molecule has 0 atom stereocenters. The summed E-state index contributed by atoms with van der Waals surface area (Å²) in [6.07, 6.45) is 1.71. The van der Waals surface area contributed by atoms with Crippen LogP contribution in [0, 0.1) is 0 Å². The van der Waals surface area contributed by atoms with Gasteiger partial charge in [0.15, 0.2) is 0 Å². The van der Waals surface area contributed by atoms with Gasteiger partial charge in [-0.1, -0.05) is 34.8 Å². The first-order valence-electron chi connectivity index (χ1n) is 6.11. The number of hydrogen-bond acceptors (Lipinski definition) is 3. The van der Waals surface area contributed by atoms with E-state index < -0.39 is 0 Å². The predicted molar refractivity (Wildman–Crippen MR) is 90.9 cm³/mol. The van der Waals surface area contributed by atoms with Crippen LogP contribution in [-0.4, -0.2) is 4.98 Å². The molecule has 3 nitrogen and oxygen atoms in total. The van der Waals surface area contributed by atoms with Crippen LogP contribution in [0.5, 0.6) is 0 Å². The summed E-state index contributed by atoms with van der Waals surface area (Å²) in [7, 11) is 0. The van der Waals surface area contributed by atoms with E-state index >= 15 is 0 Å². The van der Waals surface area contributed by atoms with Crippen LogP contribution >= 0.6 is 34.8 Å². The van der Waals surface area contributed by atoms with Crippen LogP contribution in [-0.2, 0) is 0 Å². The van der Waals surface area contributed by atoms with Gasteiger partial charge in [0.1, 0.15) is 0 Å². The molecule has 3 aromatic rings. The molecule has 3 rings (SSSR count). The third-order valence-corrected chi connectivity index (χ3v) is 4.13. The minimum Gasteiger partial charge on any atom is -0.397 e. The predicted octanol–water partition coefficient (Wildman–Crippen LogP) is 5.52. The van der Waals surface area contributed by atoms with Crippen molar-refractivity contribution in [1.29, 1.82) is 0 Å². The fraction of sp³-hybridized carbons (Fsp3) is 0. The van der Waals surface area contributed by atoms with Crippen molar-refractivity contribution in [3.63, 3.8) is 0 Å². The molecule has 3 N–H and O–H groups in total. The van der Waals surface area contributed by atoms with Crippen molar-refractivity contribution in [1.82, 2.24) is 4.98 Å². The number of benzene rings is 2. The maximum absolute atomic E-state index is 6.18. The molecular weight excluding hydrogens is 329 g/mol. The lowest BCUT2D eigenvalue weighted by Crippen LogP contribution is -1.98. The van der Waals surface area contributed by atoms with Gasteiger partial charge in [0.05, 0.1) is 37.6 Å². The maximum atomic E-state index is 6.18. The van der Waals surface area contributed by atoms with Gasteiger partial charge in [0.2, 0.25) is 0 Å². The van der Waals surface area contributed by atoms with E-state index in [4.69, 9.17) is 40.5 Å². The van der Waals surface area contributed by atoms with Crippen LogP contribution in [0.2, 0.25) is 15.1 Å². The Morgan fingerprint density at radius 2 is 1.67 bits per heavy atom. The highest BCUT2D eigenvalue weighted by Gasteiger charge is 2.09. The van der Waals surface area contributed by atoms with Crippen molar-refractivity contribution in [3.8, 4) is 0 Å². The Kier molecular flexibility index (Phi) is 3.81. The second kappa shape index (κ2) is 5.60. The van der Waals surface area contributed by atoms with Crippen molar-refractivity contribution in [2.24, 2.45) is 0 Å². The number of nitrogens with zero attached hydrogens (tertiary/aromatic N) is 1. The van der Waals surface area contributed by atoms with Crippen LogP contribution in [0.25, 0.3) is 10.9 Å². The number of nitrogens with one attached hydrogen (secondary N) is 1. The van der Waals surface area contributed by atoms with E-state index in [9.17, 15) is 0 Å². The van der Waals surface area contributed by atoms with Crippen molar-refractivity contribution in [2.45, 2.75) is 0 Å². The van der Waals surface area contributed by atoms with E-state index in [1.165, 1.54) is 0 Å². The second-order valence-corrected chi connectivity index (χ2v) is 5.69. The molecule has 0 spiro atoms. The van der Waals surface area contributed by atoms with E-state index in [-0.39, 0.29) is 0 Å². The minimum atomic E-state index is 0.416. The molecule has 0 saturated carbocycles. The van der Waals surface area contributed by atoms with Gasteiger partial charge in [-0.3, -0.25) is 4.98 Å². The van der Waals surface area contributed by atoms with E-state index in [0.29, 0.717) is 26.4 Å². The van der Waals surface area contributed by atoms with Crippen LogP contribution in [0.4, 0.5) is 17.1 Å². The van der Waals surface area contributed by atoms with Crippen LogP contribution in [0.15, 0.2) is 42.6 Å². The van der Waals surface area contributed by atoms with Gasteiger partial charge in [-0.25, -0.2) is 0 Å². The summed E-state index contributed by atoms with van der Waals surface area (Å²) in [4.78, 5) is 4.36. The highest BCUT2D eigenvalue weighted by molar-refractivity contribution is 6.42. The van der Waals surface area contributed by atoms with Crippen LogP contribution in [0.3, 0.4) is 0 Å². The number of anilines is 3. The van der Waals surface area contributed by atoms with E-state index in [1.54, 1.807) is 18.3 Å². The molecule has 0 aliphatic rings. The zero-order valence-electron chi connectivity index (χ0n) is 10.7. The number of rotatable bonds is 2. The van der Waals surface area contributed by atoms with Crippen LogP contribution in [0.1, 0.15) is 0 Å². The molecular formula is C15H10Cl3N3. The lowest BCUT2D eigenvalue weighted by molar-refractivity contribution is 1.40. The Morgan fingerprint density at radius 1 is 0.905 bits per heavy atom. The molecule has 1 heterocycles. The highest BCUT2D eigenvalue weighted by atomic mass is 35.5. The largest absolute Gasteiger partial charge is 0.397 e. The lowest BCUT2D eigenvalue weighted by Gasteiger charge is -2.13. The van der Waals surface area contributed by atoms with Crippen molar-refractivity contribution in [3.05, 3.63) is 57.7 Å². The zero-order chi connectivity index (χ0) is 15.0. The first-order valence-corrected chi connectivity index (χ1v) is 7.24. The monoisotopic (exact) mass is 337 g/mol. The Morgan fingerprint density at radius 3 is 2.48 bits per heavy atom. The molecule has 0 fully saturated rings. The van der Waals surface area contributed by atoms with E-state index in [1.807, 2.05) is 24.3 Å². The van der Waals surface area contributed by atoms with Gasteiger partial charge in [-0.05, 0) is 36.4 Å². The summed E-state index contributed by atoms with van der Waals surface area (Å²) in [5, 5.41) is 5.57. The summed E-state index contributed by atoms with van der Waals surface area (Å²) in [6, 6.07) is 10.7. The van der Waals surface area contributed by atoms with Gasteiger partial charge in [0.25, 0.3) is 0 Å². The van der Waals surface area contributed by atoms with Crippen molar-refractivity contribution < 1.29 is 0 Å². The Hall–Kier alpha value is -1.68.